The third-order valence-corrected chi connectivity index (χ3v) is 4.70. The van der Waals surface area contributed by atoms with Crippen LogP contribution in [0.2, 0.25) is 0 Å². The van der Waals surface area contributed by atoms with Crippen molar-refractivity contribution in [1.29, 1.82) is 0 Å². The summed E-state index contributed by atoms with van der Waals surface area (Å²) in [7, 11) is 0. The number of allylic oxidation sites excluding steroid dienone is 2. The molecule has 0 heterocycles. The molecule has 0 unspecified atom stereocenters. The van der Waals surface area contributed by atoms with E-state index >= 15 is 0 Å². The largest absolute Gasteiger partial charge is 0.455 e. The quantitative estimate of drug-likeness (QED) is 0.348. The smallest absolute Gasteiger partial charge is 0.187 e. The number of para-hydroxylation sites is 3. The summed E-state index contributed by atoms with van der Waals surface area (Å²) in [5, 5.41) is 3.31. The van der Waals surface area contributed by atoms with Gasteiger partial charge >= 0.3 is 0 Å². The lowest BCUT2D eigenvalue weighted by Crippen LogP contribution is -2.03. The van der Waals surface area contributed by atoms with E-state index in [1.807, 2.05) is 61.5 Å². The monoisotopic (exact) mass is 385 g/mol. The molecule has 3 heteroatoms. The van der Waals surface area contributed by atoms with Crippen LogP contribution >= 0.6 is 0 Å². The number of anilines is 1. The molecule has 3 aromatic rings. The van der Waals surface area contributed by atoms with Gasteiger partial charge in [-0.1, -0.05) is 74.5 Å². The highest BCUT2D eigenvalue weighted by atomic mass is 16.5. The molecular weight excluding hydrogens is 358 g/mol. The van der Waals surface area contributed by atoms with Gasteiger partial charge in [0, 0.05) is 17.3 Å². The van der Waals surface area contributed by atoms with Gasteiger partial charge in [-0.05, 0) is 43.0 Å². The van der Waals surface area contributed by atoms with Gasteiger partial charge in [0.1, 0.15) is 5.75 Å². The van der Waals surface area contributed by atoms with Gasteiger partial charge in [-0.25, -0.2) is 0 Å². The summed E-state index contributed by atoms with van der Waals surface area (Å²) >= 11 is 0. The second-order valence-electron chi connectivity index (χ2n) is 7.43. The van der Waals surface area contributed by atoms with Gasteiger partial charge in [-0.15, -0.1) is 0 Å². The lowest BCUT2D eigenvalue weighted by molar-refractivity contribution is 0.104. The maximum Gasteiger partial charge on any atom is 0.187 e. The van der Waals surface area contributed by atoms with Gasteiger partial charge in [0.25, 0.3) is 0 Å². The fraction of sp³-hybridized carbons (Fsp3) is 0.192. The van der Waals surface area contributed by atoms with Gasteiger partial charge in [0.15, 0.2) is 11.5 Å². The molecule has 0 radical (unpaired) electrons. The standard InChI is InChI=1S/C26H27NO2/c1-18(2)22-14-10-11-19(3)26(22)29-25-16-9-8-15-23(25)27-20(4)17-24(28)21-12-6-5-7-13-21/h5-18,27H,1-4H3/b20-17-. The normalized spacial score (nSPS) is 11.4. The molecule has 3 rings (SSSR count). The predicted molar refractivity (Wildman–Crippen MR) is 120 cm³/mol. The van der Waals surface area contributed by atoms with Gasteiger partial charge in [0.2, 0.25) is 0 Å². The second-order valence-corrected chi connectivity index (χ2v) is 7.43. The zero-order valence-corrected chi connectivity index (χ0v) is 17.4. The van der Waals surface area contributed by atoms with Crippen molar-refractivity contribution < 1.29 is 9.53 Å². The SMILES string of the molecule is C/C(=C/C(=O)c1ccccc1)Nc1ccccc1Oc1c(C)cccc1C(C)C. The molecule has 3 aromatic carbocycles. The number of hydrogen-bond donors (Lipinski definition) is 1. The number of aryl methyl sites for hydroxylation is 1. The molecular formula is C26H27NO2. The first-order valence-electron chi connectivity index (χ1n) is 9.87. The molecule has 0 atom stereocenters. The zero-order chi connectivity index (χ0) is 20.8. The maximum absolute atomic E-state index is 12.4. The van der Waals surface area contributed by atoms with Crippen LogP contribution in [0.25, 0.3) is 0 Å². The summed E-state index contributed by atoms with van der Waals surface area (Å²) in [6.45, 7) is 8.26. The Morgan fingerprint density at radius 2 is 1.62 bits per heavy atom. The topological polar surface area (TPSA) is 38.3 Å². The summed E-state index contributed by atoms with van der Waals surface area (Å²) < 4.78 is 6.35. The number of rotatable bonds is 7. The third-order valence-electron chi connectivity index (χ3n) is 4.70. The Bertz CT molecular complexity index is 1020. The first kappa shape index (κ1) is 20.4. The van der Waals surface area contributed by atoms with Gasteiger partial charge < -0.3 is 10.1 Å². The molecule has 0 amide bonds. The molecule has 0 fully saturated rings. The highest BCUT2D eigenvalue weighted by molar-refractivity contribution is 6.05. The molecule has 0 spiro atoms. The van der Waals surface area contributed by atoms with Crippen molar-refractivity contribution in [2.75, 3.05) is 5.32 Å². The van der Waals surface area contributed by atoms with E-state index in [2.05, 4.69) is 44.3 Å². The molecule has 0 bridgehead atoms. The second kappa shape index (κ2) is 9.24. The van der Waals surface area contributed by atoms with Crippen molar-refractivity contribution in [2.45, 2.75) is 33.6 Å². The minimum absolute atomic E-state index is 0.0324. The molecule has 0 aliphatic rings. The van der Waals surface area contributed by atoms with Crippen LogP contribution in [-0.2, 0) is 0 Å². The maximum atomic E-state index is 12.4. The fourth-order valence-corrected chi connectivity index (χ4v) is 3.17. The van der Waals surface area contributed by atoms with Crippen LogP contribution in [0.5, 0.6) is 11.5 Å². The Labute approximate surface area is 173 Å². The first-order chi connectivity index (χ1) is 14.0. The van der Waals surface area contributed by atoms with Crippen molar-refractivity contribution in [3.8, 4) is 11.5 Å². The summed E-state index contributed by atoms with van der Waals surface area (Å²) in [5.41, 5.74) is 4.51. The molecule has 1 N–H and O–H groups in total. The van der Waals surface area contributed by atoms with Crippen molar-refractivity contribution in [3.63, 3.8) is 0 Å². The lowest BCUT2D eigenvalue weighted by Gasteiger charge is -2.18. The van der Waals surface area contributed by atoms with Crippen molar-refractivity contribution in [3.05, 3.63) is 101 Å². The van der Waals surface area contributed by atoms with Crippen LogP contribution in [0.4, 0.5) is 5.69 Å². The van der Waals surface area contributed by atoms with E-state index in [1.165, 1.54) is 5.56 Å². The van der Waals surface area contributed by atoms with E-state index < -0.39 is 0 Å². The molecule has 0 aromatic heterocycles. The summed E-state index contributed by atoms with van der Waals surface area (Å²) in [5.74, 6) is 1.94. The molecule has 3 nitrogen and oxygen atoms in total. The van der Waals surface area contributed by atoms with E-state index in [1.54, 1.807) is 6.08 Å². The number of ether oxygens (including phenoxy) is 1. The average molecular weight is 386 g/mol. The van der Waals surface area contributed by atoms with Crippen molar-refractivity contribution in [1.82, 2.24) is 0 Å². The highest BCUT2D eigenvalue weighted by Crippen LogP contribution is 2.36. The summed E-state index contributed by atoms with van der Waals surface area (Å²) in [4.78, 5) is 12.4. The molecule has 0 saturated carbocycles. The number of benzene rings is 3. The number of hydrogen-bond acceptors (Lipinski definition) is 3. The van der Waals surface area contributed by atoms with Crippen LogP contribution < -0.4 is 10.1 Å². The van der Waals surface area contributed by atoms with E-state index in [-0.39, 0.29) is 5.78 Å². The molecule has 29 heavy (non-hydrogen) atoms. The highest BCUT2D eigenvalue weighted by Gasteiger charge is 2.13. The van der Waals surface area contributed by atoms with Crippen LogP contribution in [0, 0.1) is 6.92 Å². The van der Waals surface area contributed by atoms with Crippen LogP contribution in [-0.4, -0.2) is 5.78 Å². The number of carbonyl (C=O) groups excluding carboxylic acids is 1. The van der Waals surface area contributed by atoms with Crippen LogP contribution in [0.3, 0.4) is 0 Å². The number of ketones is 1. The molecule has 0 aliphatic carbocycles. The van der Waals surface area contributed by atoms with E-state index in [4.69, 9.17) is 4.74 Å². The van der Waals surface area contributed by atoms with Crippen molar-refractivity contribution in [2.24, 2.45) is 0 Å². The Balaban J connectivity index is 1.85. The Morgan fingerprint density at radius 1 is 0.931 bits per heavy atom. The molecule has 0 aliphatic heterocycles. The van der Waals surface area contributed by atoms with Crippen molar-refractivity contribution >= 4 is 11.5 Å². The minimum atomic E-state index is -0.0324. The summed E-state index contributed by atoms with van der Waals surface area (Å²) in [6.07, 6.45) is 1.61. The Hall–Kier alpha value is -3.33. The van der Waals surface area contributed by atoms with Crippen LogP contribution in [0.15, 0.2) is 84.6 Å². The van der Waals surface area contributed by atoms with Crippen LogP contribution in [0.1, 0.15) is 48.2 Å². The predicted octanol–water partition coefficient (Wildman–Crippen LogP) is 7.11. The molecule has 148 valence electrons. The molecule has 0 saturated heterocycles. The van der Waals surface area contributed by atoms with E-state index in [0.717, 1.165) is 28.4 Å². The minimum Gasteiger partial charge on any atom is -0.455 e. The zero-order valence-electron chi connectivity index (χ0n) is 17.4. The average Bonchev–Trinajstić information content (AvgIpc) is 2.71. The van der Waals surface area contributed by atoms with E-state index in [0.29, 0.717) is 11.5 Å². The van der Waals surface area contributed by atoms with Gasteiger partial charge in [-0.2, -0.15) is 0 Å². The van der Waals surface area contributed by atoms with Gasteiger partial charge in [0.05, 0.1) is 5.69 Å². The lowest BCUT2D eigenvalue weighted by atomic mass is 9.99. The Morgan fingerprint density at radius 3 is 2.34 bits per heavy atom. The Kier molecular flexibility index (Phi) is 6.50. The fourth-order valence-electron chi connectivity index (χ4n) is 3.17. The first-order valence-corrected chi connectivity index (χ1v) is 9.87. The summed E-state index contributed by atoms with van der Waals surface area (Å²) in [6, 6.07) is 23.3. The van der Waals surface area contributed by atoms with Gasteiger partial charge in [-0.3, -0.25) is 4.79 Å². The third kappa shape index (κ3) is 5.14. The van der Waals surface area contributed by atoms with E-state index in [9.17, 15) is 4.79 Å². The number of nitrogens with one attached hydrogen (secondary N) is 1. The number of carbonyl (C=O) groups is 1.